The molecule has 2 rings (SSSR count). The first-order valence-electron chi connectivity index (χ1n) is 8.06. The van der Waals surface area contributed by atoms with Gasteiger partial charge in [0.2, 0.25) is 0 Å². The third-order valence-corrected chi connectivity index (χ3v) is 3.69. The number of nitrogens with one attached hydrogen (secondary N) is 2. The van der Waals surface area contributed by atoms with Crippen LogP contribution in [0.2, 0.25) is 0 Å². The van der Waals surface area contributed by atoms with Crippen LogP contribution in [0.1, 0.15) is 15.9 Å². The van der Waals surface area contributed by atoms with Crippen molar-refractivity contribution in [2.75, 3.05) is 24.9 Å². The van der Waals surface area contributed by atoms with Gasteiger partial charge in [0, 0.05) is 16.9 Å². The summed E-state index contributed by atoms with van der Waals surface area (Å²) in [6.45, 7) is 1.91. The standard InChI is InChI=1S/C20H20N2O5/c1-13-6-4-5-7-16(13)22-19(24)14-8-10-15(11-9-14)21-17(20(25)27-3)12-18(23)26-2/h4-12,21H,1-3H3,(H,22,24)/b17-12+. The Morgan fingerprint density at radius 2 is 1.56 bits per heavy atom. The van der Waals surface area contributed by atoms with Gasteiger partial charge in [-0.2, -0.15) is 0 Å². The molecule has 0 heterocycles. The minimum absolute atomic E-state index is 0.0820. The lowest BCUT2D eigenvalue weighted by atomic mass is 10.1. The van der Waals surface area contributed by atoms with E-state index in [1.54, 1.807) is 24.3 Å². The van der Waals surface area contributed by atoms with Crippen LogP contribution in [-0.4, -0.2) is 32.1 Å². The van der Waals surface area contributed by atoms with Gasteiger partial charge in [0.15, 0.2) is 0 Å². The fraction of sp³-hybridized carbons (Fsp3) is 0.150. The quantitative estimate of drug-likeness (QED) is 0.601. The maximum Gasteiger partial charge on any atom is 0.354 e. The minimum Gasteiger partial charge on any atom is -0.466 e. The van der Waals surface area contributed by atoms with Gasteiger partial charge in [-0.3, -0.25) is 4.79 Å². The number of para-hydroxylation sites is 1. The van der Waals surface area contributed by atoms with Crippen molar-refractivity contribution in [3.63, 3.8) is 0 Å². The second kappa shape index (κ2) is 9.19. The van der Waals surface area contributed by atoms with Gasteiger partial charge in [0.25, 0.3) is 5.91 Å². The molecule has 27 heavy (non-hydrogen) atoms. The van der Waals surface area contributed by atoms with Crippen LogP contribution < -0.4 is 10.6 Å². The Labute approximate surface area is 157 Å². The third kappa shape index (κ3) is 5.43. The van der Waals surface area contributed by atoms with Crippen LogP contribution in [-0.2, 0) is 19.1 Å². The van der Waals surface area contributed by atoms with E-state index < -0.39 is 11.9 Å². The number of benzene rings is 2. The molecule has 2 N–H and O–H groups in total. The van der Waals surface area contributed by atoms with Crippen molar-refractivity contribution >= 4 is 29.2 Å². The number of anilines is 2. The van der Waals surface area contributed by atoms with Crippen molar-refractivity contribution in [3.8, 4) is 0 Å². The van der Waals surface area contributed by atoms with E-state index >= 15 is 0 Å². The van der Waals surface area contributed by atoms with Gasteiger partial charge in [-0.1, -0.05) is 18.2 Å². The molecule has 1 amide bonds. The van der Waals surface area contributed by atoms with E-state index in [1.165, 1.54) is 14.2 Å². The monoisotopic (exact) mass is 368 g/mol. The van der Waals surface area contributed by atoms with Gasteiger partial charge in [-0.05, 0) is 42.8 Å². The Bertz CT molecular complexity index is 872. The largest absolute Gasteiger partial charge is 0.466 e. The summed E-state index contributed by atoms with van der Waals surface area (Å²) in [6, 6.07) is 13.9. The minimum atomic E-state index is -0.721. The number of rotatable bonds is 6. The first-order valence-corrected chi connectivity index (χ1v) is 8.06. The van der Waals surface area contributed by atoms with E-state index in [2.05, 4.69) is 20.1 Å². The zero-order valence-electron chi connectivity index (χ0n) is 15.2. The van der Waals surface area contributed by atoms with Gasteiger partial charge >= 0.3 is 11.9 Å². The summed E-state index contributed by atoms with van der Waals surface area (Å²) >= 11 is 0. The van der Waals surface area contributed by atoms with Crippen LogP contribution in [0.5, 0.6) is 0 Å². The summed E-state index contributed by atoms with van der Waals surface area (Å²) in [5, 5.41) is 5.62. The maximum atomic E-state index is 12.4. The normalized spacial score (nSPS) is 10.7. The molecule has 140 valence electrons. The first kappa shape index (κ1) is 19.7. The van der Waals surface area contributed by atoms with Crippen LogP contribution in [0.25, 0.3) is 0 Å². The van der Waals surface area contributed by atoms with Gasteiger partial charge in [0.05, 0.1) is 20.3 Å². The number of methoxy groups -OCH3 is 2. The molecule has 0 radical (unpaired) electrons. The number of esters is 2. The number of aryl methyl sites for hydroxylation is 1. The molecule has 0 bridgehead atoms. The summed E-state index contributed by atoms with van der Waals surface area (Å²) in [5.41, 5.74) is 2.56. The predicted molar refractivity (Wildman–Crippen MR) is 101 cm³/mol. The number of ether oxygens (including phenoxy) is 2. The second-order valence-corrected chi connectivity index (χ2v) is 5.54. The van der Waals surface area contributed by atoms with Crippen LogP contribution in [0.15, 0.2) is 60.3 Å². The van der Waals surface area contributed by atoms with Crippen LogP contribution in [0.4, 0.5) is 11.4 Å². The molecule has 0 aromatic heterocycles. The lowest BCUT2D eigenvalue weighted by Gasteiger charge is -2.11. The van der Waals surface area contributed by atoms with E-state index in [1.807, 2.05) is 31.2 Å². The molecule has 2 aromatic rings. The Morgan fingerprint density at radius 3 is 2.15 bits per heavy atom. The van der Waals surface area contributed by atoms with Gasteiger partial charge < -0.3 is 20.1 Å². The first-order chi connectivity index (χ1) is 12.9. The zero-order chi connectivity index (χ0) is 19.8. The molecule has 0 saturated carbocycles. The topological polar surface area (TPSA) is 93.7 Å². The Balaban J connectivity index is 2.12. The van der Waals surface area contributed by atoms with E-state index in [0.29, 0.717) is 11.3 Å². The fourth-order valence-electron chi connectivity index (χ4n) is 2.20. The van der Waals surface area contributed by atoms with Crippen LogP contribution >= 0.6 is 0 Å². The summed E-state index contributed by atoms with van der Waals surface area (Å²) in [6.07, 6.45) is 0.991. The third-order valence-electron chi connectivity index (χ3n) is 3.69. The molecule has 0 spiro atoms. The summed E-state index contributed by atoms with van der Waals surface area (Å²) in [7, 11) is 2.41. The van der Waals surface area contributed by atoms with Crippen molar-refractivity contribution in [2.45, 2.75) is 6.92 Å². The number of amides is 1. The number of hydrogen-bond donors (Lipinski definition) is 2. The Kier molecular flexibility index (Phi) is 6.71. The molecule has 2 aromatic carbocycles. The van der Waals surface area contributed by atoms with Crippen molar-refractivity contribution in [1.29, 1.82) is 0 Å². The lowest BCUT2D eigenvalue weighted by Crippen LogP contribution is -2.16. The lowest BCUT2D eigenvalue weighted by molar-refractivity contribution is -0.138. The predicted octanol–water partition coefficient (Wildman–Crippen LogP) is 2.89. The van der Waals surface area contributed by atoms with Crippen molar-refractivity contribution in [3.05, 3.63) is 71.4 Å². The summed E-state index contributed by atoms with van der Waals surface area (Å²) in [5.74, 6) is -1.67. The molecular weight excluding hydrogens is 348 g/mol. The van der Waals surface area contributed by atoms with E-state index in [0.717, 1.165) is 17.3 Å². The number of carbonyl (C=O) groups is 3. The highest BCUT2D eigenvalue weighted by atomic mass is 16.5. The zero-order valence-corrected chi connectivity index (χ0v) is 15.2. The van der Waals surface area contributed by atoms with Crippen LogP contribution in [0, 0.1) is 6.92 Å². The molecule has 0 fully saturated rings. The highest BCUT2D eigenvalue weighted by Gasteiger charge is 2.13. The molecule has 0 unspecified atom stereocenters. The Hall–Kier alpha value is -3.61. The molecule has 0 atom stereocenters. The molecule has 0 aliphatic carbocycles. The highest BCUT2D eigenvalue weighted by molar-refractivity contribution is 6.05. The van der Waals surface area contributed by atoms with E-state index in [4.69, 9.17) is 0 Å². The molecule has 7 nitrogen and oxygen atoms in total. The molecule has 7 heteroatoms. The SMILES string of the molecule is COC(=O)/C=C(/Nc1ccc(C(=O)Nc2ccccc2C)cc1)C(=O)OC. The summed E-state index contributed by atoms with van der Waals surface area (Å²) in [4.78, 5) is 35.5. The molecule has 0 saturated heterocycles. The average Bonchev–Trinajstić information content (AvgIpc) is 2.68. The fourth-order valence-corrected chi connectivity index (χ4v) is 2.20. The highest BCUT2D eigenvalue weighted by Crippen LogP contribution is 2.17. The molecule has 0 aliphatic rings. The molecule has 0 aliphatic heterocycles. The van der Waals surface area contributed by atoms with E-state index in [-0.39, 0.29) is 11.6 Å². The number of carbonyl (C=O) groups excluding carboxylic acids is 3. The smallest absolute Gasteiger partial charge is 0.354 e. The maximum absolute atomic E-state index is 12.4. The summed E-state index contributed by atoms with van der Waals surface area (Å²) < 4.78 is 9.14. The van der Waals surface area contributed by atoms with Crippen LogP contribution in [0.3, 0.4) is 0 Å². The Morgan fingerprint density at radius 1 is 0.889 bits per heavy atom. The second-order valence-electron chi connectivity index (χ2n) is 5.54. The van der Waals surface area contributed by atoms with Gasteiger partial charge in [-0.25, -0.2) is 9.59 Å². The molecular formula is C20H20N2O5. The average molecular weight is 368 g/mol. The van der Waals surface area contributed by atoms with E-state index in [9.17, 15) is 14.4 Å². The van der Waals surface area contributed by atoms with Crippen molar-refractivity contribution < 1.29 is 23.9 Å². The van der Waals surface area contributed by atoms with Crippen molar-refractivity contribution in [2.24, 2.45) is 0 Å². The number of hydrogen-bond acceptors (Lipinski definition) is 6. The van der Waals surface area contributed by atoms with Gasteiger partial charge in [-0.15, -0.1) is 0 Å². The van der Waals surface area contributed by atoms with Gasteiger partial charge in [0.1, 0.15) is 5.70 Å². The van der Waals surface area contributed by atoms with Crippen molar-refractivity contribution in [1.82, 2.24) is 0 Å².